The molecule has 0 N–H and O–H groups in total. The smallest absolute Gasteiger partial charge is 0.138 e. The Morgan fingerprint density at radius 2 is 2.00 bits per heavy atom. The average Bonchev–Trinajstić information content (AvgIpc) is 2.70. The lowest BCUT2D eigenvalue weighted by Gasteiger charge is -2.00. The van der Waals surface area contributed by atoms with Crippen LogP contribution >= 0.6 is 15.9 Å². The topological polar surface area (TPSA) is 43.6 Å². The minimum atomic E-state index is 0.814. The predicted octanol–water partition coefficient (Wildman–Crippen LogP) is 1.68. The van der Waals surface area contributed by atoms with Gasteiger partial charge < -0.3 is 0 Å². The van der Waals surface area contributed by atoms with E-state index >= 15 is 0 Å². The number of hydrogen-bond donors (Lipinski definition) is 0. The molecule has 0 aliphatic rings. The van der Waals surface area contributed by atoms with Crippen LogP contribution in [0.3, 0.4) is 0 Å². The molecule has 0 radical (unpaired) electrons. The van der Waals surface area contributed by atoms with Gasteiger partial charge in [0.25, 0.3) is 0 Å². The van der Waals surface area contributed by atoms with Crippen molar-refractivity contribution in [2.75, 3.05) is 0 Å². The summed E-state index contributed by atoms with van der Waals surface area (Å²) in [6, 6.07) is 8.26. The molecule has 0 atom stereocenters. The SMILES string of the molecule is Brc1ccc(CCn2cnnn2)cc1. The molecule has 0 fully saturated rings. The monoisotopic (exact) mass is 252 g/mol. The first kappa shape index (κ1) is 9.33. The molecule has 0 saturated heterocycles. The van der Waals surface area contributed by atoms with Crippen molar-refractivity contribution < 1.29 is 0 Å². The lowest BCUT2D eigenvalue weighted by atomic mass is 10.1. The van der Waals surface area contributed by atoms with E-state index in [1.807, 2.05) is 12.1 Å². The largest absolute Gasteiger partial charge is 0.232 e. The van der Waals surface area contributed by atoms with Gasteiger partial charge in [-0.05, 0) is 34.5 Å². The van der Waals surface area contributed by atoms with Crippen LogP contribution in [0.5, 0.6) is 0 Å². The third kappa shape index (κ3) is 2.38. The van der Waals surface area contributed by atoms with Crippen LogP contribution in [0.15, 0.2) is 35.1 Å². The molecule has 5 heteroatoms. The Kier molecular flexibility index (Phi) is 2.88. The van der Waals surface area contributed by atoms with Crippen molar-refractivity contribution in [1.82, 2.24) is 20.2 Å². The lowest BCUT2D eigenvalue weighted by molar-refractivity contribution is 0.588. The molecule has 0 saturated carbocycles. The van der Waals surface area contributed by atoms with Gasteiger partial charge in [0.05, 0.1) is 0 Å². The number of nitrogens with zero attached hydrogens (tertiary/aromatic N) is 4. The summed E-state index contributed by atoms with van der Waals surface area (Å²) in [7, 11) is 0. The lowest BCUT2D eigenvalue weighted by Crippen LogP contribution is -2.01. The predicted molar refractivity (Wildman–Crippen MR) is 55.7 cm³/mol. The van der Waals surface area contributed by atoms with Gasteiger partial charge in [0.15, 0.2) is 0 Å². The zero-order valence-corrected chi connectivity index (χ0v) is 9.05. The van der Waals surface area contributed by atoms with Crippen LogP contribution in [-0.4, -0.2) is 20.2 Å². The molecular weight excluding hydrogens is 244 g/mol. The van der Waals surface area contributed by atoms with E-state index in [0.717, 1.165) is 17.4 Å². The van der Waals surface area contributed by atoms with Crippen LogP contribution in [0.25, 0.3) is 0 Å². The summed E-state index contributed by atoms with van der Waals surface area (Å²) in [5, 5.41) is 10.9. The maximum Gasteiger partial charge on any atom is 0.138 e. The maximum atomic E-state index is 3.80. The third-order valence-electron chi connectivity index (χ3n) is 1.93. The van der Waals surface area contributed by atoms with Gasteiger partial charge >= 0.3 is 0 Å². The average molecular weight is 253 g/mol. The quantitative estimate of drug-likeness (QED) is 0.835. The Labute approximate surface area is 90.1 Å². The molecule has 14 heavy (non-hydrogen) atoms. The molecule has 0 aliphatic carbocycles. The van der Waals surface area contributed by atoms with Crippen LogP contribution in [0.4, 0.5) is 0 Å². The number of hydrogen-bond acceptors (Lipinski definition) is 3. The number of rotatable bonds is 3. The van der Waals surface area contributed by atoms with Crippen LogP contribution in [0, 0.1) is 0 Å². The molecule has 2 rings (SSSR count). The number of halogens is 1. The Hall–Kier alpha value is -1.23. The second-order valence-corrected chi connectivity index (χ2v) is 3.87. The fraction of sp³-hybridized carbons (Fsp3) is 0.222. The minimum Gasteiger partial charge on any atom is -0.232 e. The molecule has 0 spiro atoms. The minimum absolute atomic E-state index is 0.814. The van der Waals surface area contributed by atoms with Gasteiger partial charge in [-0.15, -0.1) is 5.10 Å². The first-order valence-electron chi connectivity index (χ1n) is 4.30. The highest BCUT2D eigenvalue weighted by atomic mass is 79.9. The molecule has 1 aromatic carbocycles. The number of tetrazole rings is 1. The normalized spacial score (nSPS) is 10.4. The molecule has 0 unspecified atom stereocenters. The molecule has 1 heterocycles. The first-order valence-corrected chi connectivity index (χ1v) is 5.09. The summed E-state index contributed by atoms with van der Waals surface area (Å²) < 4.78 is 2.82. The van der Waals surface area contributed by atoms with E-state index in [1.165, 1.54) is 5.56 Å². The Bertz CT molecular complexity index is 382. The summed E-state index contributed by atoms with van der Waals surface area (Å²) >= 11 is 3.40. The second-order valence-electron chi connectivity index (χ2n) is 2.95. The highest BCUT2D eigenvalue weighted by molar-refractivity contribution is 9.10. The summed E-state index contributed by atoms with van der Waals surface area (Å²) in [5.74, 6) is 0. The second kappa shape index (κ2) is 4.32. The van der Waals surface area contributed by atoms with Gasteiger partial charge in [-0.2, -0.15) is 0 Å². The van der Waals surface area contributed by atoms with E-state index in [-0.39, 0.29) is 0 Å². The fourth-order valence-electron chi connectivity index (χ4n) is 1.18. The Morgan fingerprint density at radius 3 is 2.64 bits per heavy atom. The van der Waals surface area contributed by atoms with Crippen molar-refractivity contribution >= 4 is 15.9 Å². The fourth-order valence-corrected chi connectivity index (χ4v) is 1.44. The van der Waals surface area contributed by atoms with E-state index in [1.54, 1.807) is 11.0 Å². The third-order valence-corrected chi connectivity index (χ3v) is 2.46. The summed E-state index contributed by atoms with van der Waals surface area (Å²) in [4.78, 5) is 0. The van der Waals surface area contributed by atoms with Gasteiger partial charge in [0.2, 0.25) is 0 Å². The van der Waals surface area contributed by atoms with Crippen LogP contribution < -0.4 is 0 Å². The summed E-state index contributed by atoms with van der Waals surface area (Å²) in [6.07, 6.45) is 2.57. The van der Waals surface area contributed by atoms with Crippen LogP contribution in [-0.2, 0) is 13.0 Å². The van der Waals surface area contributed by atoms with E-state index in [2.05, 4.69) is 43.6 Å². The van der Waals surface area contributed by atoms with Crippen molar-refractivity contribution in [3.8, 4) is 0 Å². The Morgan fingerprint density at radius 1 is 1.21 bits per heavy atom. The number of aryl methyl sites for hydroxylation is 2. The molecule has 0 amide bonds. The zero-order chi connectivity index (χ0) is 9.80. The van der Waals surface area contributed by atoms with Crippen LogP contribution in [0.1, 0.15) is 5.56 Å². The highest BCUT2D eigenvalue weighted by Crippen LogP contribution is 2.11. The Balaban J connectivity index is 1.95. The molecule has 4 nitrogen and oxygen atoms in total. The van der Waals surface area contributed by atoms with E-state index in [4.69, 9.17) is 0 Å². The van der Waals surface area contributed by atoms with E-state index in [9.17, 15) is 0 Å². The van der Waals surface area contributed by atoms with Crippen molar-refractivity contribution in [3.63, 3.8) is 0 Å². The molecule has 0 bridgehead atoms. The van der Waals surface area contributed by atoms with Gasteiger partial charge in [-0.1, -0.05) is 28.1 Å². The number of benzene rings is 1. The van der Waals surface area contributed by atoms with Crippen molar-refractivity contribution in [3.05, 3.63) is 40.6 Å². The summed E-state index contributed by atoms with van der Waals surface area (Å²) in [6.45, 7) is 0.814. The van der Waals surface area contributed by atoms with E-state index < -0.39 is 0 Å². The van der Waals surface area contributed by atoms with Gasteiger partial charge in [0.1, 0.15) is 6.33 Å². The number of aromatic nitrogens is 4. The van der Waals surface area contributed by atoms with Crippen molar-refractivity contribution in [2.24, 2.45) is 0 Å². The van der Waals surface area contributed by atoms with Crippen molar-refractivity contribution in [1.29, 1.82) is 0 Å². The summed E-state index contributed by atoms with van der Waals surface area (Å²) in [5.41, 5.74) is 1.28. The first-order chi connectivity index (χ1) is 6.84. The highest BCUT2D eigenvalue weighted by Gasteiger charge is 1.95. The van der Waals surface area contributed by atoms with Crippen molar-refractivity contribution in [2.45, 2.75) is 13.0 Å². The molecule has 2 aromatic rings. The molecule has 0 aliphatic heterocycles. The molecule has 1 aromatic heterocycles. The van der Waals surface area contributed by atoms with Gasteiger partial charge in [0, 0.05) is 11.0 Å². The van der Waals surface area contributed by atoms with E-state index in [0.29, 0.717) is 0 Å². The van der Waals surface area contributed by atoms with Gasteiger partial charge in [-0.3, -0.25) is 0 Å². The molecular formula is C9H9BrN4. The van der Waals surface area contributed by atoms with Gasteiger partial charge in [-0.25, -0.2) is 4.68 Å². The standard InChI is InChI=1S/C9H9BrN4/c10-9-3-1-8(2-4-9)5-6-14-7-11-12-13-14/h1-4,7H,5-6H2. The zero-order valence-electron chi connectivity index (χ0n) is 7.47. The maximum absolute atomic E-state index is 3.80. The van der Waals surface area contributed by atoms with Crippen LogP contribution in [0.2, 0.25) is 0 Å². The molecule has 72 valence electrons.